The van der Waals surface area contributed by atoms with Crippen LogP contribution in [0.25, 0.3) is 0 Å². The van der Waals surface area contributed by atoms with Gasteiger partial charge in [-0.25, -0.2) is 4.79 Å². The number of hydrogen-bond donors (Lipinski definition) is 0. The summed E-state index contributed by atoms with van der Waals surface area (Å²) in [7, 11) is 0. The van der Waals surface area contributed by atoms with Gasteiger partial charge in [0.2, 0.25) is 0 Å². The number of alkyl halides is 5. The SMILES string of the molecule is C=C(C)C(=O)OC1(C(F)(F)F)OC2(C3CC4CC(C3)CC2C4)C1(F)F. The van der Waals surface area contributed by atoms with Gasteiger partial charge in [-0.1, -0.05) is 6.58 Å². The lowest BCUT2D eigenvalue weighted by atomic mass is 9.46. The predicted octanol–water partition coefficient (Wildman–Crippen LogP) is 4.22. The van der Waals surface area contributed by atoms with Gasteiger partial charge < -0.3 is 9.47 Å². The van der Waals surface area contributed by atoms with E-state index in [-0.39, 0.29) is 11.8 Å². The van der Waals surface area contributed by atoms with Crippen molar-refractivity contribution in [3.8, 4) is 0 Å². The van der Waals surface area contributed by atoms with E-state index in [1.165, 1.54) is 0 Å². The molecule has 25 heavy (non-hydrogen) atoms. The van der Waals surface area contributed by atoms with E-state index in [4.69, 9.17) is 4.74 Å². The number of hydrogen-bond acceptors (Lipinski definition) is 3. The number of ether oxygens (including phenoxy) is 2. The van der Waals surface area contributed by atoms with Gasteiger partial charge in [-0.3, -0.25) is 0 Å². The van der Waals surface area contributed by atoms with Crippen molar-refractivity contribution in [1.29, 1.82) is 0 Å². The Balaban J connectivity index is 1.73. The molecule has 0 amide bonds. The summed E-state index contributed by atoms with van der Waals surface area (Å²) in [5.74, 6) is -10.8. The molecule has 1 unspecified atom stereocenters. The van der Waals surface area contributed by atoms with Crippen molar-refractivity contribution in [3.63, 3.8) is 0 Å². The first kappa shape index (κ1) is 17.2. The average Bonchev–Trinajstić information content (AvgIpc) is 2.46. The summed E-state index contributed by atoms with van der Waals surface area (Å²) < 4.78 is 80.4. The van der Waals surface area contributed by atoms with Crippen LogP contribution in [-0.4, -0.2) is 29.5 Å². The molecule has 1 spiro atoms. The Morgan fingerprint density at radius 2 is 1.56 bits per heavy atom. The van der Waals surface area contributed by atoms with Crippen molar-refractivity contribution in [2.75, 3.05) is 0 Å². The lowest BCUT2D eigenvalue weighted by molar-refractivity contribution is -0.577. The topological polar surface area (TPSA) is 35.5 Å². The zero-order chi connectivity index (χ0) is 18.4. The van der Waals surface area contributed by atoms with Crippen LogP contribution in [-0.2, 0) is 14.3 Å². The predicted molar refractivity (Wildman–Crippen MR) is 75.5 cm³/mol. The van der Waals surface area contributed by atoms with Crippen LogP contribution in [0.4, 0.5) is 22.0 Å². The van der Waals surface area contributed by atoms with Crippen LogP contribution in [0.3, 0.4) is 0 Å². The van der Waals surface area contributed by atoms with Gasteiger partial charge in [0, 0.05) is 5.57 Å². The second kappa shape index (κ2) is 4.75. The zero-order valence-corrected chi connectivity index (χ0v) is 13.7. The maximum absolute atomic E-state index is 15.2. The summed E-state index contributed by atoms with van der Waals surface area (Å²) in [4.78, 5) is 11.6. The highest BCUT2D eigenvalue weighted by molar-refractivity contribution is 5.87. The number of rotatable bonds is 2. The van der Waals surface area contributed by atoms with Crippen LogP contribution >= 0.6 is 0 Å². The minimum absolute atomic E-state index is 0.284. The summed E-state index contributed by atoms with van der Waals surface area (Å²) >= 11 is 0. The summed E-state index contributed by atoms with van der Waals surface area (Å²) in [5.41, 5.74) is -2.57. The molecule has 5 fully saturated rings. The molecule has 140 valence electrons. The molecule has 1 heterocycles. The van der Waals surface area contributed by atoms with Crippen molar-refractivity contribution in [3.05, 3.63) is 12.2 Å². The van der Waals surface area contributed by atoms with Gasteiger partial charge in [0.15, 0.2) is 0 Å². The fourth-order valence-corrected chi connectivity index (χ4v) is 5.74. The molecular weight excluding hydrogens is 347 g/mol. The maximum Gasteiger partial charge on any atom is 0.462 e. The van der Waals surface area contributed by atoms with E-state index in [0.29, 0.717) is 25.7 Å². The lowest BCUT2D eigenvalue weighted by Gasteiger charge is -2.70. The Morgan fingerprint density at radius 3 is 1.92 bits per heavy atom. The van der Waals surface area contributed by atoms with Crippen LogP contribution in [0.1, 0.15) is 39.0 Å². The Bertz CT molecular complexity index is 613. The molecule has 1 aliphatic heterocycles. The van der Waals surface area contributed by atoms with Gasteiger partial charge in [-0.2, -0.15) is 22.0 Å². The van der Waals surface area contributed by atoms with Crippen molar-refractivity contribution >= 4 is 5.97 Å². The molecule has 4 saturated carbocycles. The van der Waals surface area contributed by atoms with Crippen molar-refractivity contribution in [2.45, 2.75) is 62.5 Å². The van der Waals surface area contributed by atoms with Gasteiger partial charge in [-0.15, -0.1) is 0 Å². The summed E-state index contributed by atoms with van der Waals surface area (Å²) in [6, 6.07) is 0. The second-order valence-electron chi connectivity index (χ2n) is 8.06. The molecule has 1 saturated heterocycles. The molecule has 0 N–H and O–H groups in total. The first-order valence-electron chi connectivity index (χ1n) is 8.48. The van der Waals surface area contributed by atoms with Gasteiger partial charge in [0.1, 0.15) is 5.60 Å². The van der Waals surface area contributed by atoms with Crippen LogP contribution in [0.15, 0.2) is 12.2 Å². The van der Waals surface area contributed by atoms with Crippen LogP contribution in [0.5, 0.6) is 0 Å². The third-order valence-corrected chi connectivity index (χ3v) is 6.53. The van der Waals surface area contributed by atoms with Gasteiger partial charge in [0.05, 0.1) is 0 Å². The second-order valence-corrected chi connectivity index (χ2v) is 8.06. The number of esters is 1. The minimum atomic E-state index is -5.54. The summed E-state index contributed by atoms with van der Waals surface area (Å²) in [6.45, 7) is 4.26. The highest BCUT2D eigenvalue weighted by Gasteiger charge is 2.94. The zero-order valence-electron chi connectivity index (χ0n) is 13.7. The van der Waals surface area contributed by atoms with Crippen molar-refractivity contribution < 1.29 is 36.2 Å². The van der Waals surface area contributed by atoms with E-state index < -0.39 is 46.9 Å². The van der Waals surface area contributed by atoms with Crippen molar-refractivity contribution in [1.82, 2.24) is 0 Å². The van der Waals surface area contributed by atoms with E-state index in [9.17, 15) is 18.0 Å². The average molecular weight is 366 g/mol. The van der Waals surface area contributed by atoms with Gasteiger partial charge >= 0.3 is 23.9 Å². The third kappa shape index (κ3) is 1.87. The molecule has 5 rings (SSSR count). The molecule has 8 heteroatoms. The Kier molecular flexibility index (Phi) is 3.28. The molecule has 4 bridgehead atoms. The van der Waals surface area contributed by atoms with E-state index >= 15 is 8.78 Å². The lowest BCUT2D eigenvalue weighted by Crippen LogP contribution is -2.89. The monoisotopic (exact) mass is 366 g/mol. The first-order chi connectivity index (χ1) is 11.4. The van der Waals surface area contributed by atoms with E-state index in [2.05, 4.69) is 11.3 Å². The number of carbonyl (C=O) groups excluding carboxylic acids is 1. The largest absolute Gasteiger partial charge is 0.462 e. The molecule has 1 atom stereocenters. The number of halogens is 5. The third-order valence-electron chi connectivity index (χ3n) is 6.53. The molecular formula is C17H19F5O3. The van der Waals surface area contributed by atoms with E-state index in [1.807, 2.05) is 0 Å². The fraction of sp³-hybridized carbons (Fsp3) is 0.824. The van der Waals surface area contributed by atoms with E-state index in [1.54, 1.807) is 0 Å². The molecule has 3 nitrogen and oxygen atoms in total. The van der Waals surface area contributed by atoms with E-state index in [0.717, 1.165) is 13.3 Å². The normalized spacial score (nSPS) is 46.8. The van der Waals surface area contributed by atoms with Crippen molar-refractivity contribution in [2.24, 2.45) is 23.7 Å². The van der Waals surface area contributed by atoms with Crippen LogP contribution < -0.4 is 0 Å². The summed E-state index contributed by atoms with van der Waals surface area (Å²) in [6.07, 6.45) is -2.78. The Labute approximate surface area is 141 Å². The fourth-order valence-electron chi connectivity index (χ4n) is 5.74. The molecule has 4 aliphatic carbocycles. The molecule has 5 aliphatic rings. The minimum Gasteiger partial charge on any atom is -0.414 e. The van der Waals surface area contributed by atoms with Crippen LogP contribution in [0.2, 0.25) is 0 Å². The maximum atomic E-state index is 15.2. The molecule has 0 aromatic rings. The van der Waals surface area contributed by atoms with Gasteiger partial charge in [0.25, 0.3) is 0 Å². The quantitative estimate of drug-likeness (QED) is 0.417. The molecule has 0 aromatic heterocycles. The summed E-state index contributed by atoms with van der Waals surface area (Å²) in [5, 5.41) is 0. The first-order valence-corrected chi connectivity index (χ1v) is 8.48. The standard InChI is InChI=1S/C17H19F5O3/c1-8(2)13(23)24-16(17(20,21)22)15(18,19)14(25-16)11-4-9-3-10(6-11)7-12(14)5-9/h9-12H,1,3-7H2,2H3. The van der Waals surface area contributed by atoms with Gasteiger partial charge in [-0.05, 0) is 62.7 Å². The van der Waals surface area contributed by atoms with Crippen LogP contribution in [0, 0.1) is 23.7 Å². The Morgan fingerprint density at radius 1 is 1.08 bits per heavy atom. The highest BCUT2D eigenvalue weighted by atomic mass is 19.4. The molecule has 0 aromatic carbocycles. The number of carbonyl (C=O) groups is 1. The highest BCUT2D eigenvalue weighted by Crippen LogP contribution is 2.74. The Hall–Kier alpha value is -1.18. The molecule has 0 radical (unpaired) electrons. The smallest absolute Gasteiger partial charge is 0.414 e.